The number of hydrogen-bond acceptors (Lipinski definition) is 6. The van der Waals surface area contributed by atoms with E-state index in [-0.39, 0.29) is 17.7 Å². The number of nitrogens with one attached hydrogen (secondary N) is 1. The zero-order chi connectivity index (χ0) is 23.5. The minimum atomic E-state index is -1.01. The minimum absolute atomic E-state index is 0.0623. The predicted octanol–water partition coefficient (Wildman–Crippen LogP) is 3.64. The third kappa shape index (κ3) is 5.26. The predicted molar refractivity (Wildman–Crippen MR) is 119 cm³/mol. The fourth-order valence-corrected chi connectivity index (χ4v) is 3.32. The van der Waals surface area contributed by atoms with Gasteiger partial charge in [-0.2, -0.15) is 0 Å². The van der Waals surface area contributed by atoms with E-state index in [1.165, 1.54) is 35.9 Å². The van der Waals surface area contributed by atoms with Crippen LogP contribution in [0.4, 0.5) is 4.79 Å². The van der Waals surface area contributed by atoms with Gasteiger partial charge in [0.2, 0.25) is 0 Å². The molecule has 1 atom stereocenters. The lowest BCUT2D eigenvalue weighted by atomic mass is 10.0. The summed E-state index contributed by atoms with van der Waals surface area (Å²) in [6.45, 7) is 5.34. The highest BCUT2D eigenvalue weighted by molar-refractivity contribution is 5.97. The summed E-state index contributed by atoms with van der Waals surface area (Å²) in [6, 6.07) is 12.0. The second kappa shape index (κ2) is 9.13. The molecule has 0 radical (unpaired) electrons. The van der Waals surface area contributed by atoms with Crippen molar-refractivity contribution in [3.8, 4) is 5.75 Å². The maximum atomic E-state index is 12.7. The lowest BCUT2D eigenvalue weighted by Crippen LogP contribution is -2.43. The number of nitrogens with zero attached hydrogens (tertiary/aromatic N) is 1. The number of methoxy groups -OCH3 is 1. The molecule has 0 fully saturated rings. The summed E-state index contributed by atoms with van der Waals surface area (Å²) in [5, 5.41) is 13.0. The van der Waals surface area contributed by atoms with Crippen molar-refractivity contribution in [3.63, 3.8) is 0 Å². The lowest BCUT2D eigenvalue weighted by molar-refractivity contribution is -0.142. The molecule has 0 aliphatic rings. The lowest BCUT2D eigenvalue weighted by Gasteiger charge is -2.19. The standard InChI is InChI=1S/C24H26N2O6/c1-24(2,3)32-23(30)26-14-16(18-10-5-6-11-20(18)26)13-19(22(29)31-4)25-21(28)15-8-7-9-17(27)12-15/h5-12,14,19,27H,13H2,1-4H3,(H,25,28)/t19-/m0/s1. The van der Waals surface area contributed by atoms with Crippen molar-refractivity contribution < 1.29 is 29.0 Å². The first-order valence-corrected chi connectivity index (χ1v) is 10.1. The molecule has 32 heavy (non-hydrogen) atoms. The van der Waals surface area contributed by atoms with E-state index in [0.29, 0.717) is 11.1 Å². The average molecular weight is 438 g/mol. The Labute approximate surface area is 185 Å². The number of para-hydroxylation sites is 1. The number of phenols is 1. The topological polar surface area (TPSA) is 107 Å². The van der Waals surface area contributed by atoms with Gasteiger partial charge in [0.15, 0.2) is 0 Å². The Kier molecular flexibility index (Phi) is 6.53. The fourth-order valence-electron chi connectivity index (χ4n) is 3.32. The molecule has 1 heterocycles. The van der Waals surface area contributed by atoms with Gasteiger partial charge in [-0.3, -0.25) is 9.36 Å². The average Bonchev–Trinajstić information content (AvgIpc) is 3.10. The monoisotopic (exact) mass is 438 g/mol. The normalized spacial score (nSPS) is 12.2. The van der Waals surface area contributed by atoms with Crippen LogP contribution in [0.1, 0.15) is 36.7 Å². The number of phenolic OH excluding ortho intramolecular Hbond substituents is 1. The number of amides is 1. The van der Waals surface area contributed by atoms with Crippen molar-refractivity contribution in [3.05, 3.63) is 65.9 Å². The third-order valence-electron chi connectivity index (χ3n) is 4.71. The van der Waals surface area contributed by atoms with Crippen LogP contribution in [-0.2, 0) is 20.7 Å². The van der Waals surface area contributed by atoms with Crippen molar-refractivity contribution in [1.82, 2.24) is 9.88 Å². The highest BCUT2D eigenvalue weighted by atomic mass is 16.6. The van der Waals surface area contributed by atoms with E-state index in [1.54, 1.807) is 39.1 Å². The summed E-state index contributed by atoms with van der Waals surface area (Å²) in [6.07, 6.45) is 1.15. The van der Waals surface area contributed by atoms with Crippen LogP contribution in [0.5, 0.6) is 5.75 Å². The zero-order valence-electron chi connectivity index (χ0n) is 18.4. The van der Waals surface area contributed by atoms with Gasteiger partial charge in [-0.05, 0) is 50.6 Å². The van der Waals surface area contributed by atoms with Crippen LogP contribution in [0, 0.1) is 0 Å². The third-order valence-corrected chi connectivity index (χ3v) is 4.71. The van der Waals surface area contributed by atoms with E-state index in [0.717, 1.165) is 5.39 Å². The molecule has 168 valence electrons. The molecule has 3 rings (SSSR count). The van der Waals surface area contributed by atoms with E-state index in [4.69, 9.17) is 9.47 Å². The SMILES string of the molecule is COC(=O)[C@H](Cc1cn(C(=O)OC(C)(C)C)c2ccccc12)NC(=O)c1cccc(O)c1. The molecule has 8 heteroatoms. The Hall–Kier alpha value is -3.81. The fraction of sp³-hybridized carbons (Fsp3) is 0.292. The number of ether oxygens (including phenoxy) is 2. The number of esters is 1. The molecule has 2 N–H and O–H groups in total. The molecule has 1 aromatic heterocycles. The maximum Gasteiger partial charge on any atom is 0.419 e. The van der Waals surface area contributed by atoms with E-state index in [2.05, 4.69) is 5.32 Å². The molecule has 3 aromatic rings. The number of hydrogen-bond donors (Lipinski definition) is 2. The highest BCUT2D eigenvalue weighted by Crippen LogP contribution is 2.24. The van der Waals surface area contributed by atoms with Gasteiger partial charge in [-0.1, -0.05) is 24.3 Å². The van der Waals surface area contributed by atoms with Crippen LogP contribution in [0.3, 0.4) is 0 Å². The van der Waals surface area contributed by atoms with Crippen molar-refractivity contribution in [1.29, 1.82) is 0 Å². The van der Waals surface area contributed by atoms with Crippen molar-refractivity contribution in [2.75, 3.05) is 7.11 Å². The number of aromatic hydroxyl groups is 1. The Morgan fingerprint density at radius 3 is 2.47 bits per heavy atom. The summed E-state index contributed by atoms with van der Waals surface area (Å²) in [4.78, 5) is 37.8. The van der Waals surface area contributed by atoms with Crippen molar-refractivity contribution in [2.24, 2.45) is 0 Å². The van der Waals surface area contributed by atoms with Crippen LogP contribution in [0.25, 0.3) is 10.9 Å². The van der Waals surface area contributed by atoms with Crippen LogP contribution in [0.15, 0.2) is 54.7 Å². The maximum absolute atomic E-state index is 12.7. The number of rotatable bonds is 5. The van der Waals surface area contributed by atoms with Gasteiger partial charge in [-0.25, -0.2) is 9.59 Å². The molecule has 0 spiro atoms. The summed E-state index contributed by atoms with van der Waals surface area (Å²) < 4.78 is 11.8. The molecule has 8 nitrogen and oxygen atoms in total. The first-order valence-electron chi connectivity index (χ1n) is 10.1. The molecule has 0 aliphatic heterocycles. The zero-order valence-corrected chi connectivity index (χ0v) is 18.4. The largest absolute Gasteiger partial charge is 0.508 e. The Balaban J connectivity index is 1.93. The smallest absolute Gasteiger partial charge is 0.419 e. The molecular weight excluding hydrogens is 412 g/mol. The van der Waals surface area contributed by atoms with E-state index in [9.17, 15) is 19.5 Å². The second-order valence-corrected chi connectivity index (χ2v) is 8.33. The highest BCUT2D eigenvalue weighted by Gasteiger charge is 2.26. The number of fused-ring (bicyclic) bond motifs is 1. The number of aromatic nitrogens is 1. The van der Waals surface area contributed by atoms with Crippen LogP contribution in [-0.4, -0.2) is 46.4 Å². The van der Waals surface area contributed by atoms with Gasteiger partial charge in [0.1, 0.15) is 17.4 Å². The molecule has 0 aliphatic carbocycles. The first-order chi connectivity index (χ1) is 15.1. The van der Waals surface area contributed by atoms with E-state index >= 15 is 0 Å². The second-order valence-electron chi connectivity index (χ2n) is 8.33. The van der Waals surface area contributed by atoms with Gasteiger partial charge in [-0.15, -0.1) is 0 Å². The Morgan fingerprint density at radius 1 is 1.09 bits per heavy atom. The molecule has 2 aromatic carbocycles. The summed E-state index contributed by atoms with van der Waals surface area (Å²) in [5.41, 5.74) is 0.819. The van der Waals surface area contributed by atoms with Crippen LogP contribution < -0.4 is 5.32 Å². The number of carbonyl (C=O) groups is 3. The Morgan fingerprint density at radius 2 is 1.81 bits per heavy atom. The number of benzene rings is 2. The number of carbonyl (C=O) groups excluding carboxylic acids is 3. The summed E-state index contributed by atoms with van der Waals surface area (Å²) in [7, 11) is 1.24. The molecule has 0 saturated heterocycles. The van der Waals surface area contributed by atoms with Crippen LogP contribution >= 0.6 is 0 Å². The quantitative estimate of drug-likeness (QED) is 0.589. The molecular formula is C24H26N2O6. The van der Waals surface area contributed by atoms with Gasteiger partial charge >= 0.3 is 12.1 Å². The summed E-state index contributed by atoms with van der Waals surface area (Å²) >= 11 is 0. The van der Waals surface area contributed by atoms with E-state index < -0.39 is 29.6 Å². The Bertz CT molecular complexity index is 1160. The minimum Gasteiger partial charge on any atom is -0.508 e. The van der Waals surface area contributed by atoms with Crippen molar-refractivity contribution in [2.45, 2.75) is 38.8 Å². The molecule has 0 saturated carbocycles. The van der Waals surface area contributed by atoms with Gasteiger partial charge in [0.25, 0.3) is 5.91 Å². The van der Waals surface area contributed by atoms with Gasteiger partial charge < -0.3 is 19.9 Å². The van der Waals surface area contributed by atoms with Gasteiger partial charge in [0, 0.05) is 23.6 Å². The van der Waals surface area contributed by atoms with E-state index in [1.807, 2.05) is 12.1 Å². The van der Waals surface area contributed by atoms with Gasteiger partial charge in [0.05, 0.1) is 12.6 Å². The molecule has 1 amide bonds. The van der Waals surface area contributed by atoms with Crippen LogP contribution in [0.2, 0.25) is 0 Å². The van der Waals surface area contributed by atoms with Crippen molar-refractivity contribution >= 4 is 28.9 Å². The summed E-state index contributed by atoms with van der Waals surface area (Å²) in [5.74, 6) is -1.23. The first kappa shape index (κ1) is 22.9. The molecule has 0 unspecified atom stereocenters. The molecule has 0 bridgehead atoms.